The van der Waals surface area contributed by atoms with Gasteiger partial charge in [-0.15, -0.1) is 12.3 Å². The van der Waals surface area contributed by atoms with Gasteiger partial charge in [-0.05, 0) is 66.5 Å². The Kier molecular flexibility index (Phi) is 28.1. The Labute approximate surface area is 235 Å². The first kappa shape index (κ1) is 37.7. The van der Waals surface area contributed by atoms with Crippen molar-refractivity contribution in [3.8, 4) is 12.3 Å². The van der Waals surface area contributed by atoms with Crippen molar-refractivity contribution in [3.05, 3.63) is 41.5 Å². The third kappa shape index (κ3) is 19.3. The first-order valence-electron chi connectivity index (χ1n) is 16.1. The molecule has 1 aromatic rings. The molecule has 0 saturated carbocycles. The lowest BCUT2D eigenvalue weighted by Crippen LogP contribution is -2.08. The third-order valence-corrected chi connectivity index (χ3v) is 7.54. The molecule has 0 aliphatic carbocycles. The Morgan fingerprint density at radius 3 is 1.78 bits per heavy atom. The predicted molar refractivity (Wildman–Crippen MR) is 173 cm³/mol. The topological polar surface area (TPSA) is 0 Å². The molecule has 0 aliphatic rings. The number of terminal acetylenes is 1. The van der Waals surface area contributed by atoms with E-state index in [9.17, 15) is 0 Å². The maximum absolute atomic E-state index is 5.24. The highest BCUT2D eigenvalue weighted by atomic mass is 14.2. The van der Waals surface area contributed by atoms with Crippen LogP contribution >= 0.6 is 0 Å². The zero-order valence-corrected chi connectivity index (χ0v) is 26.6. The Morgan fingerprint density at radius 1 is 0.757 bits per heavy atom. The van der Waals surface area contributed by atoms with E-state index < -0.39 is 0 Å². The zero-order chi connectivity index (χ0) is 28.3. The van der Waals surface area contributed by atoms with Gasteiger partial charge < -0.3 is 0 Å². The van der Waals surface area contributed by atoms with Crippen LogP contribution in [0.25, 0.3) is 6.08 Å². The number of aryl methyl sites for hydroxylation is 1. The van der Waals surface area contributed by atoms with Gasteiger partial charge in [0.1, 0.15) is 0 Å². The van der Waals surface area contributed by atoms with Crippen LogP contribution in [0.5, 0.6) is 0 Å². The summed E-state index contributed by atoms with van der Waals surface area (Å²) in [6.07, 6.45) is 27.8. The molecule has 0 aromatic heterocycles. The van der Waals surface area contributed by atoms with E-state index in [1.165, 1.54) is 107 Å². The van der Waals surface area contributed by atoms with Crippen molar-refractivity contribution in [2.75, 3.05) is 0 Å². The summed E-state index contributed by atoms with van der Waals surface area (Å²) < 4.78 is 0. The van der Waals surface area contributed by atoms with Crippen molar-refractivity contribution in [2.45, 2.75) is 164 Å². The van der Waals surface area contributed by atoms with E-state index in [0.717, 1.165) is 24.2 Å². The van der Waals surface area contributed by atoms with Gasteiger partial charge in [0.15, 0.2) is 0 Å². The summed E-state index contributed by atoms with van der Waals surface area (Å²) in [7, 11) is 0. The third-order valence-electron chi connectivity index (χ3n) is 7.54. The predicted octanol–water partition coefficient (Wildman–Crippen LogP) is 12.8. The van der Waals surface area contributed by atoms with Crippen molar-refractivity contribution >= 4 is 6.08 Å². The molecule has 0 fully saturated rings. The van der Waals surface area contributed by atoms with Gasteiger partial charge >= 0.3 is 0 Å². The second-order valence-electron chi connectivity index (χ2n) is 10.9. The summed E-state index contributed by atoms with van der Waals surface area (Å²) in [6, 6.07) is 7.08. The van der Waals surface area contributed by atoms with Crippen LogP contribution in [0.4, 0.5) is 0 Å². The number of hydrogen-bond acceptors (Lipinski definition) is 0. The Balaban J connectivity index is 0. The first-order chi connectivity index (χ1) is 18.0. The molecule has 0 radical (unpaired) electrons. The minimum absolute atomic E-state index is 0.719. The molecule has 0 spiro atoms. The van der Waals surface area contributed by atoms with Crippen LogP contribution in [0.1, 0.15) is 174 Å². The lowest BCUT2D eigenvalue weighted by Gasteiger charge is -2.23. The van der Waals surface area contributed by atoms with E-state index in [1.54, 1.807) is 5.56 Å². The van der Waals surface area contributed by atoms with Crippen LogP contribution in [0.15, 0.2) is 24.8 Å². The minimum atomic E-state index is 0.719. The maximum atomic E-state index is 5.24. The Bertz CT molecular complexity index is 653. The number of unbranched alkanes of at least 4 members (excludes halogenated alkanes) is 3. The fraction of sp³-hybridized carbons (Fsp3) is 0.730. The molecule has 1 aromatic carbocycles. The second-order valence-corrected chi connectivity index (χ2v) is 10.9. The van der Waals surface area contributed by atoms with E-state index in [2.05, 4.69) is 86.1 Å². The smallest absolute Gasteiger partial charge is 0.0114 e. The molecule has 37 heavy (non-hydrogen) atoms. The molecule has 2 atom stereocenters. The van der Waals surface area contributed by atoms with Crippen LogP contribution in [0, 0.1) is 24.2 Å². The molecule has 0 bridgehead atoms. The standard InChI is InChI=1S/C22H36.C10H18.C5H12/c1-6-11-13-18(8-3)16-20(10-5)22-15-14-19(9-4)21(17-22)12-7-2;1-4-7-10(8-5-2)9-6-3;1-3-5-4-2/h9,14-15,17-18,20H,4,6-8,10-13,16H2,1-3,5H3;1,10H,5-9H2,2-3H3;3-5H2,1-2H3. The van der Waals surface area contributed by atoms with Crippen LogP contribution in [0.3, 0.4) is 0 Å². The van der Waals surface area contributed by atoms with E-state index in [-0.39, 0.29) is 0 Å². The lowest BCUT2D eigenvalue weighted by atomic mass is 9.82. The molecule has 2 unspecified atom stereocenters. The summed E-state index contributed by atoms with van der Waals surface area (Å²) in [6.45, 7) is 22.1. The molecular formula is C37H66. The van der Waals surface area contributed by atoms with E-state index >= 15 is 0 Å². The lowest BCUT2D eigenvalue weighted by molar-refractivity contribution is 0.380. The van der Waals surface area contributed by atoms with Crippen molar-refractivity contribution in [1.29, 1.82) is 0 Å². The van der Waals surface area contributed by atoms with Gasteiger partial charge in [0.05, 0.1) is 0 Å². The Morgan fingerprint density at radius 2 is 1.38 bits per heavy atom. The Hall–Kier alpha value is -1.48. The molecule has 0 saturated heterocycles. The molecule has 0 heterocycles. The van der Waals surface area contributed by atoms with Gasteiger partial charge in [-0.1, -0.05) is 150 Å². The van der Waals surface area contributed by atoms with E-state index in [0.29, 0.717) is 0 Å². The normalized spacial score (nSPS) is 12.0. The molecule has 0 aliphatic heterocycles. The summed E-state index contributed by atoms with van der Waals surface area (Å²) in [5.41, 5.74) is 4.35. The van der Waals surface area contributed by atoms with Crippen molar-refractivity contribution in [1.82, 2.24) is 0 Å². The average Bonchev–Trinajstić information content (AvgIpc) is 2.91. The number of rotatable bonds is 18. The molecule has 0 amide bonds. The molecule has 0 heteroatoms. The number of benzene rings is 1. The van der Waals surface area contributed by atoms with Gasteiger partial charge in [0.2, 0.25) is 0 Å². The fourth-order valence-corrected chi connectivity index (χ4v) is 5.17. The zero-order valence-electron chi connectivity index (χ0n) is 26.6. The molecule has 214 valence electrons. The van der Waals surface area contributed by atoms with Gasteiger partial charge in [-0.25, -0.2) is 0 Å². The summed E-state index contributed by atoms with van der Waals surface area (Å²) in [5.74, 6) is 5.14. The highest BCUT2D eigenvalue weighted by Crippen LogP contribution is 2.32. The molecule has 0 nitrogen and oxygen atoms in total. The van der Waals surface area contributed by atoms with Gasteiger partial charge in [-0.3, -0.25) is 0 Å². The van der Waals surface area contributed by atoms with Gasteiger partial charge in [0, 0.05) is 6.42 Å². The molecule has 1 rings (SSSR count). The summed E-state index contributed by atoms with van der Waals surface area (Å²) in [4.78, 5) is 0. The van der Waals surface area contributed by atoms with Crippen LogP contribution in [-0.2, 0) is 6.42 Å². The summed E-state index contributed by atoms with van der Waals surface area (Å²) >= 11 is 0. The average molecular weight is 511 g/mol. The summed E-state index contributed by atoms with van der Waals surface area (Å²) in [5, 5.41) is 0. The van der Waals surface area contributed by atoms with Crippen LogP contribution < -0.4 is 0 Å². The first-order valence-corrected chi connectivity index (χ1v) is 16.1. The SMILES string of the molecule is C#CCC(CCC)CCC.C=Cc1ccc(C(CC)CC(CC)CCCC)cc1CCC.CCCCC. The highest BCUT2D eigenvalue weighted by molar-refractivity contribution is 5.53. The fourth-order valence-electron chi connectivity index (χ4n) is 5.17. The van der Waals surface area contributed by atoms with Gasteiger partial charge in [-0.2, -0.15) is 0 Å². The van der Waals surface area contributed by atoms with Crippen LogP contribution in [-0.4, -0.2) is 0 Å². The molecular weight excluding hydrogens is 444 g/mol. The highest BCUT2D eigenvalue weighted by Gasteiger charge is 2.16. The van der Waals surface area contributed by atoms with E-state index in [1.807, 2.05) is 6.08 Å². The maximum Gasteiger partial charge on any atom is 0.0114 e. The van der Waals surface area contributed by atoms with Crippen molar-refractivity contribution in [3.63, 3.8) is 0 Å². The number of hydrogen-bond donors (Lipinski definition) is 0. The van der Waals surface area contributed by atoms with Crippen molar-refractivity contribution < 1.29 is 0 Å². The largest absolute Gasteiger partial charge is 0.120 e. The second kappa shape index (κ2) is 27.6. The quantitative estimate of drug-likeness (QED) is 0.172. The van der Waals surface area contributed by atoms with Crippen LogP contribution in [0.2, 0.25) is 0 Å². The van der Waals surface area contributed by atoms with Crippen molar-refractivity contribution in [2.24, 2.45) is 11.8 Å². The van der Waals surface area contributed by atoms with E-state index in [4.69, 9.17) is 6.42 Å². The monoisotopic (exact) mass is 511 g/mol. The molecule has 0 N–H and O–H groups in total. The van der Waals surface area contributed by atoms with Gasteiger partial charge in [0.25, 0.3) is 0 Å². The minimum Gasteiger partial charge on any atom is -0.120 e.